The summed E-state index contributed by atoms with van der Waals surface area (Å²) in [5.41, 5.74) is 0. The van der Waals surface area contributed by atoms with Gasteiger partial charge in [0.05, 0.1) is 0 Å². The fourth-order valence-corrected chi connectivity index (χ4v) is 3.73. The van der Waals surface area contributed by atoms with Gasteiger partial charge in [-0.2, -0.15) is 5.26 Å². The number of nitrogens with one attached hydrogen (secondary N) is 1. The Kier molecular flexibility index (Phi) is 4.93. The molecule has 5 nitrogen and oxygen atoms in total. The molecule has 0 atom stereocenters. The molecule has 0 saturated heterocycles. The molecule has 0 unspecified atom stereocenters. The van der Waals surface area contributed by atoms with Crippen molar-refractivity contribution < 1.29 is 13.2 Å². The molecule has 1 saturated carbocycles. The number of rotatable bonds is 8. The summed E-state index contributed by atoms with van der Waals surface area (Å²) >= 11 is 0.977. The molecule has 1 aromatic heterocycles. The lowest BCUT2D eigenvalue weighted by molar-refractivity contribution is 0.123. The van der Waals surface area contributed by atoms with Crippen molar-refractivity contribution >= 4 is 21.4 Å². The zero-order valence-corrected chi connectivity index (χ0v) is 12.1. The Bertz CT molecular complexity index is 556. The monoisotopic (exact) mass is 300 g/mol. The Morgan fingerprint density at radius 2 is 2.26 bits per heavy atom. The quantitative estimate of drug-likeness (QED) is 0.741. The SMILES string of the molecule is N#Cc1ccc(S(=O)(=O)NCCCOCC2CC2)s1. The van der Waals surface area contributed by atoms with Gasteiger partial charge >= 0.3 is 0 Å². The normalized spacial score (nSPS) is 15.3. The van der Waals surface area contributed by atoms with Crippen molar-refractivity contribution in [2.75, 3.05) is 19.8 Å². The summed E-state index contributed by atoms with van der Waals surface area (Å²) in [7, 11) is -3.48. The van der Waals surface area contributed by atoms with Crippen LogP contribution in [0.3, 0.4) is 0 Å². The maximum absolute atomic E-state index is 11.9. The van der Waals surface area contributed by atoms with Crippen molar-refractivity contribution in [3.05, 3.63) is 17.0 Å². The second-order valence-corrected chi connectivity index (χ2v) is 7.58. The zero-order valence-electron chi connectivity index (χ0n) is 10.5. The molecule has 1 N–H and O–H groups in total. The van der Waals surface area contributed by atoms with Crippen LogP contribution in [0, 0.1) is 17.2 Å². The van der Waals surface area contributed by atoms with Gasteiger partial charge in [-0.15, -0.1) is 11.3 Å². The van der Waals surface area contributed by atoms with Gasteiger partial charge in [-0.25, -0.2) is 13.1 Å². The van der Waals surface area contributed by atoms with Gasteiger partial charge < -0.3 is 4.74 Å². The number of ether oxygens (including phenoxy) is 1. The van der Waals surface area contributed by atoms with Gasteiger partial charge in [-0.05, 0) is 37.3 Å². The topological polar surface area (TPSA) is 79.2 Å². The summed E-state index contributed by atoms with van der Waals surface area (Å²) in [6.45, 7) is 1.73. The lowest BCUT2D eigenvalue weighted by Gasteiger charge is -2.05. The van der Waals surface area contributed by atoms with Crippen molar-refractivity contribution in [3.63, 3.8) is 0 Å². The van der Waals surface area contributed by atoms with E-state index in [4.69, 9.17) is 10.00 Å². The highest BCUT2D eigenvalue weighted by Crippen LogP contribution is 2.28. The zero-order chi connectivity index (χ0) is 13.7. The molecule has 19 heavy (non-hydrogen) atoms. The van der Waals surface area contributed by atoms with E-state index in [0.717, 1.165) is 23.9 Å². The van der Waals surface area contributed by atoms with Crippen LogP contribution in [0.15, 0.2) is 16.3 Å². The number of sulfonamides is 1. The maximum atomic E-state index is 11.9. The van der Waals surface area contributed by atoms with Gasteiger partial charge in [0.2, 0.25) is 10.0 Å². The van der Waals surface area contributed by atoms with Gasteiger partial charge in [-0.1, -0.05) is 0 Å². The van der Waals surface area contributed by atoms with E-state index in [2.05, 4.69) is 4.72 Å². The van der Waals surface area contributed by atoms with E-state index in [0.29, 0.717) is 24.4 Å². The first kappa shape index (κ1) is 14.5. The molecular formula is C12H16N2O3S2. The van der Waals surface area contributed by atoms with Crippen LogP contribution < -0.4 is 4.72 Å². The molecule has 0 spiro atoms. The van der Waals surface area contributed by atoms with Crippen molar-refractivity contribution in [2.24, 2.45) is 5.92 Å². The highest BCUT2D eigenvalue weighted by Gasteiger charge is 2.21. The summed E-state index contributed by atoms with van der Waals surface area (Å²) in [5.74, 6) is 0.729. The van der Waals surface area contributed by atoms with Crippen LogP contribution in [-0.2, 0) is 14.8 Å². The minimum atomic E-state index is -3.48. The third-order valence-corrected chi connectivity index (χ3v) is 5.71. The summed E-state index contributed by atoms with van der Waals surface area (Å²) in [6, 6.07) is 4.89. The fraction of sp³-hybridized carbons (Fsp3) is 0.583. The fourth-order valence-electron chi connectivity index (χ4n) is 1.51. The average Bonchev–Trinajstić information content (AvgIpc) is 3.07. The van der Waals surface area contributed by atoms with E-state index in [1.54, 1.807) is 0 Å². The minimum Gasteiger partial charge on any atom is -0.381 e. The molecule has 0 amide bonds. The van der Waals surface area contributed by atoms with Crippen molar-refractivity contribution in [3.8, 4) is 6.07 Å². The molecule has 2 rings (SSSR count). The van der Waals surface area contributed by atoms with Crippen molar-refractivity contribution in [1.29, 1.82) is 5.26 Å². The minimum absolute atomic E-state index is 0.183. The summed E-state index contributed by atoms with van der Waals surface area (Å²) in [5, 5.41) is 8.67. The van der Waals surface area contributed by atoms with Crippen LogP contribution in [0.5, 0.6) is 0 Å². The molecule has 104 valence electrons. The van der Waals surface area contributed by atoms with Crippen LogP contribution in [-0.4, -0.2) is 28.2 Å². The number of hydrogen-bond donors (Lipinski definition) is 1. The lowest BCUT2D eigenvalue weighted by Crippen LogP contribution is -2.24. The Morgan fingerprint density at radius 1 is 1.47 bits per heavy atom. The Labute approximate surface area is 117 Å². The van der Waals surface area contributed by atoms with E-state index in [1.807, 2.05) is 6.07 Å². The Hall–Kier alpha value is -0.940. The second-order valence-electron chi connectivity index (χ2n) is 4.50. The Morgan fingerprint density at radius 3 is 2.89 bits per heavy atom. The number of nitriles is 1. The molecule has 0 aromatic carbocycles. The van der Waals surface area contributed by atoms with E-state index >= 15 is 0 Å². The maximum Gasteiger partial charge on any atom is 0.250 e. The van der Waals surface area contributed by atoms with Gasteiger partial charge in [0, 0.05) is 19.8 Å². The molecule has 7 heteroatoms. The predicted molar refractivity (Wildman–Crippen MR) is 72.4 cm³/mol. The molecule has 0 radical (unpaired) electrons. The second kappa shape index (κ2) is 6.48. The smallest absolute Gasteiger partial charge is 0.250 e. The first-order chi connectivity index (χ1) is 9.12. The average molecular weight is 300 g/mol. The third kappa shape index (κ3) is 4.58. The van der Waals surface area contributed by atoms with Crippen molar-refractivity contribution in [1.82, 2.24) is 4.72 Å². The summed E-state index contributed by atoms with van der Waals surface area (Å²) in [4.78, 5) is 0.396. The van der Waals surface area contributed by atoms with Crippen LogP contribution >= 0.6 is 11.3 Å². The first-order valence-corrected chi connectivity index (χ1v) is 8.49. The number of thiophene rings is 1. The van der Waals surface area contributed by atoms with E-state index in [-0.39, 0.29) is 4.21 Å². The molecule has 1 aliphatic rings. The van der Waals surface area contributed by atoms with Crippen LogP contribution in [0.2, 0.25) is 0 Å². The third-order valence-electron chi connectivity index (χ3n) is 2.76. The Balaban J connectivity index is 1.69. The molecule has 0 aliphatic heterocycles. The van der Waals surface area contributed by atoms with Gasteiger partial charge in [0.25, 0.3) is 0 Å². The standard InChI is InChI=1S/C12H16N2O3S2/c13-8-11-4-5-12(18-11)19(15,16)14-6-1-7-17-9-10-2-3-10/h4-5,10,14H,1-3,6-7,9H2. The number of nitrogens with zero attached hydrogens (tertiary/aromatic N) is 1. The van der Waals surface area contributed by atoms with Crippen molar-refractivity contribution in [2.45, 2.75) is 23.5 Å². The molecular weight excluding hydrogens is 284 g/mol. The predicted octanol–water partition coefficient (Wildman–Crippen LogP) is 1.71. The van der Waals surface area contributed by atoms with Gasteiger partial charge in [-0.3, -0.25) is 0 Å². The molecule has 0 bridgehead atoms. The van der Waals surface area contributed by atoms with Crippen LogP contribution in [0.1, 0.15) is 24.1 Å². The summed E-state index contributed by atoms with van der Waals surface area (Å²) < 4.78 is 31.8. The van der Waals surface area contributed by atoms with Gasteiger partial charge in [0.15, 0.2) is 0 Å². The first-order valence-electron chi connectivity index (χ1n) is 6.19. The van der Waals surface area contributed by atoms with E-state index in [1.165, 1.54) is 25.0 Å². The molecule has 1 heterocycles. The lowest BCUT2D eigenvalue weighted by atomic mass is 10.4. The van der Waals surface area contributed by atoms with Crippen LogP contribution in [0.4, 0.5) is 0 Å². The highest BCUT2D eigenvalue weighted by molar-refractivity contribution is 7.91. The molecule has 1 aliphatic carbocycles. The van der Waals surface area contributed by atoms with E-state index in [9.17, 15) is 8.42 Å². The molecule has 1 aromatic rings. The number of hydrogen-bond acceptors (Lipinski definition) is 5. The summed E-state index contributed by atoms with van der Waals surface area (Å²) in [6.07, 6.45) is 3.17. The van der Waals surface area contributed by atoms with E-state index < -0.39 is 10.0 Å². The largest absolute Gasteiger partial charge is 0.381 e. The van der Waals surface area contributed by atoms with Crippen LogP contribution in [0.25, 0.3) is 0 Å². The highest BCUT2D eigenvalue weighted by atomic mass is 32.2. The molecule has 1 fully saturated rings. The van der Waals surface area contributed by atoms with Gasteiger partial charge in [0.1, 0.15) is 15.2 Å².